The monoisotopic (exact) mass is 279 g/mol. The lowest BCUT2D eigenvalue weighted by molar-refractivity contribution is -0.497. The van der Waals surface area contributed by atoms with Crippen LogP contribution in [0.15, 0.2) is 22.7 Å². The molecule has 1 rings (SSSR count). The zero-order valence-electron chi connectivity index (χ0n) is 5.68. The number of hydrogen-bond donors (Lipinski definition) is 1. The molecule has 0 spiro atoms. The Balaban J connectivity index is 3.06. The summed E-state index contributed by atoms with van der Waals surface area (Å²) >= 11 is 6.59. The van der Waals surface area contributed by atoms with E-state index in [-0.39, 0.29) is 0 Å². The minimum atomic E-state index is 0.717. The standard InChI is InChI=1S/C7H7Br2NO/c8-4-5-1-2-6(9)3-7(5)10-11/h1-3H,4,10H2. The molecular weight excluding hydrogens is 274 g/mol. The Kier molecular flexibility index (Phi) is 3.51. The van der Waals surface area contributed by atoms with Crippen molar-refractivity contribution >= 4 is 37.5 Å². The summed E-state index contributed by atoms with van der Waals surface area (Å²) < 4.78 is 0.935. The van der Waals surface area contributed by atoms with Crippen molar-refractivity contribution < 1.29 is 5.48 Å². The lowest BCUT2D eigenvalue weighted by Crippen LogP contribution is -2.70. The van der Waals surface area contributed by atoms with E-state index in [2.05, 4.69) is 31.9 Å². The highest BCUT2D eigenvalue weighted by atomic mass is 79.9. The molecule has 0 atom stereocenters. The van der Waals surface area contributed by atoms with E-state index in [9.17, 15) is 5.21 Å². The van der Waals surface area contributed by atoms with E-state index in [0.29, 0.717) is 5.33 Å². The topological polar surface area (TPSA) is 39.7 Å². The number of alkyl halides is 1. The molecule has 0 radical (unpaired) electrons. The number of hydrogen-bond acceptors (Lipinski definition) is 1. The maximum atomic E-state index is 10.5. The number of nitrogens with two attached hydrogens (primary N) is 1. The highest BCUT2D eigenvalue weighted by molar-refractivity contribution is 9.10. The summed E-state index contributed by atoms with van der Waals surface area (Å²) in [5, 5.41) is 11.2. The normalized spacial score (nSPS) is 10.1. The van der Waals surface area contributed by atoms with Gasteiger partial charge < -0.3 is 10.7 Å². The largest absolute Gasteiger partial charge is 0.630 e. The van der Waals surface area contributed by atoms with Gasteiger partial charge in [-0.25, -0.2) is 0 Å². The smallest absolute Gasteiger partial charge is 0.134 e. The predicted molar refractivity (Wildman–Crippen MR) is 51.7 cm³/mol. The van der Waals surface area contributed by atoms with Crippen molar-refractivity contribution in [2.24, 2.45) is 0 Å². The summed E-state index contributed by atoms with van der Waals surface area (Å²) in [5.74, 6) is 0. The Morgan fingerprint density at radius 1 is 1.45 bits per heavy atom. The molecule has 0 aliphatic rings. The van der Waals surface area contributed by atoms with E-state index in [0.717, 1.165) is 21.2 Å². The fourth-order valence-corrected chi connectivity index (χ4v) is 1.69. The minimum Gasteiger partial charge on any atom is -0.630 e. The van der Waals surface area contributed by atoms with E-state index < -0.39 is 0 Å². The maximum absolute atomic E-state index is 10.5. The van der Waals surface area contributed by atoms with Crippen LogP contribution in [0, 0.1) is 5.21 Å². The molecule has 1 aromatic carbocycles. The summed E-state index contributed by atoms with van der Waals surface area (Å²) in [4.78, 5) is 0. The molecule has 0 bridgehead atoms. The minimum absolute atomic E-state index is 0.717. The van der Waals surface area contributed by atoms with Gasteiger partial charge in [-0.1, -0.05) is 37.9 Å². The summed E-state index contributed by atoms with van der Waals surface area (Å²) in [5.41, 5.74) is 2.61. The zero-order chi connectivity index (χ0) is 8.27. The van der Waals surface area contributed by atoms with Crippen molar-refractivity contribution in [3.63, 3.8) is 0 Å². The molecule has 11 heavy (non-hydrogen) atoms. The fourth-order valence-electron chi connectivity index (χ4n) is 0.797. The van der Waals surface area contributed by atoms with Gasteiger partial charge in [-0.3, -0.25) is 0 Å². The van der Waals surface area contributed by atoms with Gasteiger partial charge in [0.05, 0.1) is 0 Å². The molecule has 0 saturated carbocycles. The predicted octanol–water partition coefficient (Wildman–Crippen LogP) is 2.04. The van der Waals surface area contributed by atoms with Crippen molar-refractivity contribution in [3.8, 4) is 0 Å². The van der Waals surface area contributed by atoms with Gasteiger partial charge in [0.2, 0.25) is 0 Å². The second-order valence-corrected chi connectivity index (χ2v) is 3.57. The number of quaternary nitrogens is 1. The number of rotatable bonds is 2. The second kappa shape index (κ2) is 4.21. The van der Waals surface area contributed by atoms with Gasteiger partial charge in [0.25, 0.3) is 0 Å². The van der Waals surface area contributed by atoms with Crippen LogP contribution in [-0.2, 0) is 5.33 Å². The number of halogens is 2. The Labute approximate surface area is 81.8 Å². The molecule has 0 unspecified atom stereocenters. The van der Waals surface area contributed by atoms with Gasteiger partial charge in [0, 0.05) is 21.4 Å². The maximum Gasteiger partial charge on any atom is 0.134 e. The third kappa shape index (κ3) is 2.27. The van der Waals surface area contributed by atoms with Crippen LogP contribution in [-0.4, -0.2) is 0 Å². The highest BCUT2D eigenvalue weighted by Crippen LogP contribution is 2.19. The van der Waals surface area contributed by atoms with Gasteiger partial charge in [-0.15, -0.1) is 0 Å². The van der Waals surface area contributed by atoms with Crippen LogP contribution >= 0.6 is 31.9 Å². The van der Waals surface area contributed by atoms with E-state index in [4.69, 9.17) is 0 Å². The van der Waals surface area contributed by atoms with Gasteiger partial charge in [-0.2, -0.15) is 0 Å². The third-order valence-corrected chi connectivity index (χ3v) is 2.48. The van der Waals surface area contributed by atoms with Crippen molar-refractivity contribution in [1.29, 1.82) is 0 Å². The molecule has 1 aromatic rings. The Hall–Kier alpha value is 0.1000. The summed E-state index contributed by atoms with van der Waals surface area (Å²) in [6.45, 7) is 0. The van der Waals surface area contributed by atoms with E-state index in [1.165, 1.54) is 0 Å². The van der Waals surface area contributed by atoms with E-state index in [1.54, 1.807) is 0 Å². The van der Waals surface area contributed by atoms with Gasteiger partial charge in [0.1, 0.15) is 5.69 Å². The molecule has 2 nitrogen and oxygen atoms in total. The molecule has 60 valence electrons. The Morgan fingerprint density at radius 3 is 2.73 bits per heavy atom. The van der Waals surface area contributed by atoms with E-state index >= 15 is 0 Å². The first kappa shape index (κ1) is 9.19. The summed E-state index contributed by atoms with van der Waals surface area (Å²) in [6, 6.07) is 5.65. The molecule has 0 aliphatic heterocycles. The van der Waals surface area contributed by atoms with Crippen molar-refractivity contribution in [2.45, 2.75) is 5.33 Å². The molecule has 0 aromatic heterocycles. The molecule has 0 aliphatic carbocycles. The van der Waals surface area contributed by atoms with Crippen LogP contribution in [0.3, 0.4) is 0 Å². The van der Waals surface area contributed by atoms with Crippen LogP contribution < -0.4 is 5.48 Å². The average molecular weight is 281 g/mol. The van der Waals surface area contributed by atoms with Gasteiger partial charge in [-0.05, 0) is 6.07 Å². The average Bonchev–Trinajstić information content (AvgIpc) is 2.04. The molecule has 0 fully saturated rings. The summed E-state index contributed by atoms with van der Waals surface area (Å²) in [6.07, 6.45) is 0. The van der Waals surface area contributed by atoms with Crippen LogP contribution in [0.4, 0.5) is 5.69 Å². The molecule has 2 N–H and O–H groups in total. The SMILES string of the molecule is [O-][NH2+]c1cc(Br)ccc1CBr. The van der Waals surface area contributed by atoms with Crippen LogP contribution in [0.2, 0.25) is 0 Å². The molecular formula is C7H7Br2NO. The third-order valence-electron chi connectivity index (χ3n) is 1.38. The second-order valence-electron chi connectivity index (χ2n) is 2.09. The van der Waals surface area contributed by atoms with Crippen LogP contribution in [0.25, 0.3) is 0 Å². The zero-order valence-corrected chi connectivity index (χ0v) is 8.85. The first-order valence-corrected chi connectivity index (χ1v) is 4.99. The first-order valence-electron chi connectivity index (χ1n) is 3.07. The van der Waals surface area contributed by atoms with Crippen molar-refractivity contribution in [3.05, 3.63) is 33.4 Å². The van der Waals surface area contributed by atoms with Crippen molar-refractivity contribution in [2.75, 3.05) is 0 Å². The molecule has 4 heteroatoms. The van der Waals surface area contributed by atoms with Crippen LogP contribution in [0.5, 0.6) is 0 Å². The highest BCUT2D eigenvalue weighted by Gasteiger charge is 2.01. The lowest BCUT2D eigenvalue weighted by Gasteiger charge is -2.06. The van der Waals surface area contributed by atoms with E-state index in [1.807, 2.05) is 18.2 Å². The fraction of sp³-hybridized carbons (Fsp3) is 0.143. The number of benzene rings is 1. The van der Waals surface area contributed by atoms with Crippen LogP contribution in [0.1, 0.15) is 5.56 Å². The first-order chi connectivity index (χ1) is 5.27. The van der Waals surface area contributed by atoms with Crippen molar-refractivity contribution in [1.82, 2.24) is 0 Å². The Bertz CT molecular complexity index is 252. The molecule has 0 saturated heterocycles. The quantitative estimate of drug-likeness (QED) is 0.503. The molecule has 0 heterocycles. The van der Waals surface area contributed by atoms with Gasteiger partial charge in [0.15, 0.2) is 0 Å². The summed E-state index contributed by atoms with van der Waals surface area (Å²) in [7, 11) is 0. The molecule has 0 amide bonds. The Morgan fingerprint density at radius 2 is 2.18 bits per heavy atom. The lowest BCUT2D eigenvalue weighted by atomic mass is 10.2. The van der Waals surface area contributed by atoms with Gasteiger partial charge >= 0.3 is 0 Å².